The molecule has 0 spiro atoms. The largest absolute Gasteiger partial charge is 0.458 e. The van der Waals surface area contributed by atoms with Gasteiger partial charge in [-0.2, -0.15) is 0 Å². The second-order valence-electron chi connectivity index (χ2n) is 5.13. The number of aldehydes is 1. The van der Waals surface area contributed by atoms with Crippen molar-refractivity contribution in [3.05, 3.63) is 34.4 Å². The Hall–Kier alpha value is -1.64. The van der Waals surface area contributed by atoms with E-state index in [-0.39, 0.29) is 12.1 Å². The van der Waals surface area contributed by atoms with Gasteiger partial charge in [0.05, 0.1) is 0 Å². The van der Waals surface area contributed by atoms with E-state index in [4.69, 9.17) is 4.74 Å². The molecule has 1 aliphatic carbocycles. The van der Waals surface area contributed by atoms with E-state index in [1.165, 1.54) is 6.92 Å². The van der Waals surface area contributed by atoms with Gasteiger partial charge in [0.15, 0.2) is 6.29 Å². The van der Waals surface area contributed by atoms with Crippen molar-refractivity contribution in [2.24, 2.45) is 5.92 Å². The fourth-order valence-corrected chi connectivity index (χ4v) is 2.75. The molecule has 2 rings (SSSR count). The average molecular weight is 246 g/mol. The van der Waals surface area contributed by atoms with E-state index >= 15 is 0 Å². The molecule has 1 aromatic carbocycles. The molecule has 3 nitrogen and oxygen atoms in total. The molecule has 0 unspecified atom stereocenters. The highest BCUT2D eigenvalue weighted by Crippen LogP contribution is 2.38. The van der Waals surface area contributed by atoms with E-state index < -0.39 is 0 Å². The van der Waals surface area contributed by atoms with E-state index in [0.717, 1.165) is 35.8 Å². The molecule has 0 saturated heterocycles. The lowest BCUT2D eigenvalue weighted by atomic mass is 9.80. The molecule has 0 amide bonds. The first-order valence-electron chi connectivity index (χ1n) is 6.27. The number of hydrogen-bond acceptors (Lipinski definition) is 3. The van der Waals surface area contributed by atoms with Gasteiger partial charge in [0, 0.05) is 18.1 Å². The third-order valence-electron chi connectivity index (χ3n) is 3.53. The summed E-state index contributed by atoms with van der Waals surface area (Å²) < 4.78 is 5.39. The second-order valence-corrected chi connectivity index (χ2v) is 5.13. The Morgan fingerprint density at radius 1 is 1.44 bits per heavy atom. The van der Waals surface area contributed by atoms with Crippen LogP contribution < -0.4 is 0 Å². The Morgan fingerprint density at radius 3 is 2.78 bits per heavy atom. The van der Waals surface area contributed by atoms with E-state index in [9.17, 15) is 9.59 Å². The minimum atomic E-state index is -0.293. The van der Waals surface area contributed by atoms with Gasteiger partial charge in [0.1, 0.15) is 6.10 Å². The topological polar surface area (TPSA) is 43.4 Å². The average Bonchev–Trinajstić information content (AvgIpc) is 2.28. The zero-order valence-electron chi connectivity index (χ0n) is 11.0. The number of carbonyl (C=O) groups excluding carboxylic acids is 2. The molecule has 0 radical (unpaired) electrons. The van der Waals surface area contributed by atoms with Gasteiger partial charge in [-0.3, -0.25) is 9.59 Å². The van der Waals surface area contributed by atoms with E-state index in [2.05, 4.69) is 6.92 Å². The first-order valence-corrected chi connectivity index (χ1v) is 6.27. The van der Waals surface area contributed by atoms with Crippen LogP contribution in [0.5, 0.6) is 0 Å². The lowest BCUT2D eigenvalue weighted by Gasteiger charge is -2.30. The number of aryl methyl sites for hydroxylation is 1. The highest BCUT2D eigenvalue weighted by molar-refractivity contribution is 5.81. The van der Waals surface area contributed by atoms with Crippen molar-refractivity contribution in [2.75, 3.05) is 0 Å². The number of hydrogen-bond donors (Lipinski definition) is 0. The number of ether oxygens (including phenoxy) is 1. The summed E-state index contributed by atoms with van der Waals surface area (Å²) in [5.41, 5.74) is 3.67. The Morgan fingerprint density at radius 2 is 2.17 bits per heavy atom. The fourth-order valence-electron chi connectivity index (χ4n) is 2.75. The monoisotopic (exact) mass is 246 g/mol. The molecule has 0 aliphatic heterocycles. The molecule has 1 aromatic rings. The summed E-state index contributed by atoms with van der Waals surface area (Å²) in [5.74, 6) is 0.169. The lowest BCUT2D eigenvalue weighted by molar-refractivity contribution is -0.147. The zero-order valence-corrected chi connectivity index (χ0v) is 11.0. The molecule has 0 bridgehead atoms. The molecule has 2 atom stereocenters. The van der Waals surface area contributed by atoms with Crippen molar-refractivity contribution >= 4 is 12.3 Å². The molecule has 96 valence electrons. The van der Waals surface area contributed by atoms with Crippen molar-refractivity contribution in [3.8, 4) is 0 Å². The lowest BCUT2D eigenvalue weighted by Crippen LogP contribution is -2.22. The highest BCUT2D eigenvalue weighted by Gasteiger charge is 2.29. The number of carbonyl (C=O) groups is 2. The van der Waals surface area contributed by atoms with Gasteiger partial charge in [-0.1, -0.05) is 19.1 Å². The zero-order chi connectivity index (χ0) is 13.3. The molecule has 18 heavy (non-hydrogen) atoms. The van der Waals surface area contributed by atoms with Crippen molar-refractivity contribution in [3.63, 3.8) is 0 Å². The molecular weight excluding hydrogens is 228 g/mol. The maximum atomic E-state index is 11.3. The normalized spacial score (nSPS) is 22.2. The summed E-state index contributed by atoms with van der Waals surface area (Å²) in [7, 11) is 0. The molecule has 0 N–H and O–H groups in total. The molecule has 0 fully saturated rings. The standard InChI is InChI=1S/C15H18O3/c1-9-6-12-5-4-10(2)13(8-16)15(12)14(7-9)18-11(3)17/h4-5,8-9,14H,6-7H2,1-3H3/t9-,14+/m1/s1. The predicted octanol–water partition coefficient (Wildman–Crippen LogP) is 2.99. The molecule has 0 heterocycles. The van der Waals surface area contributed by atoms with Crippen LogP contribution >= 0.6 is 0 Å². The van der Waals surface area contributed by atoms with Crippen molar-refractivity contribution in [2.45, 2.75) is 39.7 Å². The molecule has 3 heteroatoms. The third kappa shape index (κ3) is 2.30. The Kier molecular flexibility index (Phi) is 3.50. The van der Waals surface area contributed by atoms with Crippen LogP contribution in [0.1, 0.15) is 53.4 Å². The molecule has 0 saturated carbocycles. The third-order valence-corrected chi connectivity index (χ3v) is 3.53. The summed E-state index contributed by atoms with van der Waals surface area (Å²) >= 11 is 0. The molecule has 1 aliphatic rings. The maximum absolute atomic E-state index is 11.3. The summed E-state index contributed by atoms with van der Waals surface area (Å²) in [6.07, 6.45) is 2.33. The van der Waals surface area contributed by atoms with E-state index in [1.807, 2.05) is 19.1 Å². The minimum Gasteiger partial charge on any atom is -0.458 e. The van der Waals surface area contributed by atoms with Crippen molar-refractivity contribution in [1.29, 1.82) is 0 Å². The maximum Gasteiger partial charge on any atom is 0.303 e. The Balaban J connectivity index is 2.53. The molecular formula is C15H18O3. The van der Waals surface area contributed by atoms with Gasteiger partial charge >= 0.3 is 5.97 Å². The minimum absolute atomic E-state index is 0.277. The van der Waals surface area contributed by atoms with Crippen molar-refractivity contribution < 1.29 is 14.3 Å². The van der Waals surface area contributed by atoms with Gasteiger partial charge in [-0.15, -0.1) is 0 Å². The summed E-state index contributed by atoms with van der Waals surface area (Å²) in [4.78, 5) is 22.5. The van der Waals surface area contributed by atoms with Crippen molar-refractivity contribution in [1.82, 2.24) is 0 Å². The Bertz CT molecular complexity index is 491. The molecule has 0 aromatic heterocycles. The SMILES string of the molecule is CC(=O)O[C@H]1C[C@H](C)Cc2ccc(C)c(C=O)c21. The van der Waals surface area contributed by atoms with Gasteiger partial charge in [0.2, 0.25) is 0 Å². The Labute approximate surface area is 107 Å². The number of esters is 1. The van der Waals surface area contributed by atoms with Crippen LogP contribution in [0, 0.1) is 12.8 Å². The predicted molar refractivity (Wildman–Crippen MR) is 68.6 cm³/mol. The van der Waals surface area contributed by atoms with Crippen LogP contribution in [-0.4, -0.2) is 12.3 Å². The van der Waals surface area contributed by atoms with Gasteiger partial charge in [-0.25, -0.2) is 0 Å². The van der Waals surface area contributed by atoms with E-state index in [0.29, 0.717) is 11.5 Å². The number of rotatable bonds is 2. The highest BCUT2D eigenvalue weighted by atomic mass is 16.5. The summed E-state index contributed by atoms with van der Waals surface area (Å²) in [6, 6.07) is 4.01. The van der Waals surface area contributed by atoms with Crippen LogP contribution in [0.15, 0.2) is 12.1 Å². The van der Waals surface area contributed by atoms with Crippen LogP contribution in [0.25, 0.3) is 0 Å². The van der Waals surface area contributed by atoms with Crippen LogP contribution in [-0.2, 0) is 16.0 Å². The van der Waals surface area contributed by atoms with Crippen LogP contribution in [0.3, 0.4) is 0 Å². The fraction of sp³-hybridized carbons (Fsp3) is 0.467. The summed E-state index contributed by atoms with van der Waals surface area (Å²) in [6.45, 7) is 5.46. The quantitative estimate of drug-likeness (QED) is 0.595. The first-order chi connectivity index (χ1) is 8.52. The second kappa shape index (κ2) is 4.92. The van der Waals surface area contributed by atoms with Crippen LogP contribution in [0.4, 0.5) is 0 Å². The summed E-state index contributed by atoms with van der Waals surface area (Å²) in [5, 5.41) is 0. The van der Waals surface area contributed by atoms with Crippen LogP contribution in [0.2, 0.25) is 0 Å². The first kappa shape index (κ1) is 12.8. The number of fused-ring (bicyclic) bond motifs is 1. The van der Waals surface area contributed by atoms with Gasteiger partial charge in [-0.05, 0) is 36.8 Å². The number of benzene rings is 1. The van der Waals surface area contributed by atoms with Gasteiger partial charge in [0.25, 0.3) is 0 Å². The smallest absolute Gasteiger partial charge is 0.303 e. The van der Waals surface area contributed by atoms with E-state index in [1.54, 1.807) is 0 Å². The van der Waals surface area contributed by atoms with Gasteiger partial charge < -0.3 is 4.74 Å².